The lowest BCUT2D eigenvalue weighted by Gasteiger charge is -2.30. The Morgan fingerprint density at radius 2 is 1.86 bits per heavy atom. The van der Waals surface area contributed by atoms with E-state index in [1.807, 2.05) is 19.1 Å². The van der Waals surface area contributed by atoms with Crippen molar-refractivity contribution >= 4 is 0 Å². The summed E-state index contributed by atoms with van der Waals surface area (Å²) in [5.74, 6) is 0.805. The summed E-state index contributed by atoms with van der Waals surface area (Å²) in [4.78, 5) is 2.45. The van der Waals surface area contributed by atoms with Crippen molar-refractivity contribution in [2.45, 2.75) is 53.2 Å². The topological polar surface area (TPSA) is 44.7 Å². The molecule has 0 amide bonds. The predicted octanol–water partition coefficient (Wildman–Crippen LogP) is 3.00. The Bertz CT molecular complexity index is 411. The molecule has 21 heavy (non-hydrogen) atoms. The van der Waals surface area contributed by atoms with E-state index in [9.17, 15) is 5.11 Å². The van der Waals surface area contributed by atoms with Crippen molar-refractivity contribution in [3.63, 3.8) is 0 Å². The number of para-hydroxylation sites is 1. The molecule has 120 valence electrons. The van der Waals surface area contributed by atoms with Crippen LogP contribution in [0.1, 0.15) is 40.2 Å². The van der Waals surface area contributed by atoms with Crippen LogP contribution in [-0.4, -0.2) is 41.8 Å². The van der Waals surface area contributed by atoms with Gasteiger partial charge >= 0.3 is 0 Å². The van der Waals surface area contributed by atoms with Gasteiger partial charge in [0.2, 0.25) is 0 Å². The number of phenols is 1. The number of rotatable bonds is 9. The minimum absolute atomic E-state index is 0.247. The minimum Gasteiger partial charge on any atom is -0.504 e. The van der Waals surface area contributed by atoms with Gasteiger partial charge in [-0.3, -0.25) is 4.90 Å². The summed E-state index contributed by atoms with van der Waals surface area (Å²) in [6.45, 7) is 13.9. The number of hydrogen-bond donors (Lipinski definition) is 2. The van der Waals surface area contributed by atoms with Gasteiger partial charge < -0.3 is 15.2 Å². The van der Waals surface area contributed by atoms with Gasteiger partial charge in [-0.2, -0.15) is 0 Å². The second-order valence-corrected chi connectivity index (χ2v) is 5.80. The zero-order valence-electron chi connectivity index (χ0n) is 14.0. The van der Waals surface area contributed by atoms with Crippen molar-refractivity contribution in [3.05, 3.63) is 23.8 Å². The molecule has 0 aliphatic rings. The van der Waals surface area contributed by atoms with Gasteiger partial charge in [-0.05, 0) is 40.7 Å². The zero-order valence-corrected chi connectivity index (χ0v) is 14.0. The third-order valence-corrected chi connectivity index (χ3v) is 3.57. The molecule has 2 N–H and O–H groups in total. The number of aromatic hydroxyl groups is 1. The van der Waals surface area contributed by atoms with Gasteiger partial charge in [-0.15, -0.1) is 0 Å². The average molecular weight is 294 g/mol. The molecular weight excluding hydrogens is 264 g/mol. The number of phenolic OH excluding ortho intramolecular Hbond substituents is 1. The first-order valence-electron chi connectivity index (χ1n) is 7.87. The Morgan fingerprint density at radius 1 is 1.19 bits per heavy atom. The molecule has 1 aromatic rings. The molecule has 0 saturated carbocycles. The van der Waals surface area contributed by atoms with Crippen LogP contribution in [-0.2, 0) is 6.54 Å². The molecule has 0 aliphatic carbocycles. The second kappa shape index (κ2) is 8.90. The molecule has 0 aromatic heterocycles. The standard InChI is InChI=1S/C17H30N2O2/c1-6-21-16-9-7-8-15(17(16)20)12-18-10-11-19(13(2)3)14(4)5/h7-9,13-14,18,20H,6,10-12H2,1-5H3. The molecule has 0 atom stereocenters. The fourth-order valence-electron chi connectivity index (χ4n) is 2.53. The molecule has 4 heteroatoms. The number of hydrogen-bond acceptors (Lipinski definition) is 4. The highest BCUT2D eigenvalue weighted by molar-refractivity contribution is 5.45. The molecule has 0 unspecified atom stereocenters. The first kappa shape index (κ1) is 17.8. The Kier molecular flexibility index (Phi) is 7.54. The third kappa shape index (κ3) is 5.56. The quantitative estimate of drug-likeness (QED) is 0.687. The zero-order chi connectivity index (χ0) is 15.8. The average Bonchev–Trinajstić information content (AvgIpc) is 2.41. The molecule has 0 heterocycles. The first-order chi connectivity index (χ1) is 9.97. The van der Waals surface area contributed by atoms with Gasteiger partial charge in [-0.25, -0.2) is 0 Å². The summed E-state index contributed by atoms with van der Waals surface area (Å²) < 4.78 is 5.40. The van der Waals surface area contributed by atoms with Gasteiger partial charge in [0.25, 0.3) is 0 Å². The van der Waals surface area contributed by atoms with Gasteiger partial charge in [0, 0.05) is 37.3 Å². The highest BCUT2D eigenvalue weighted by atomic mass is 16.5. The van der Waals surface area contributed by atoms with Crippen molar-refractivity contribution < 1.29 is 9.84 Å². The Morgan fingerprint density at radius 3 is 2.43 bits per heavy atom. The number of nitrogens with one attached hydrogen (secondary N) is 1. The summed E-state index contributed by atoms with van der Waals surface area (Å²) in [5.41, 5.74) is 0.876. The smallest absolute Gasteiger partial charge is 0.162 e. The first-order valence-corrected chi connectivity index (χ1v) is 7.87. The molecule has 0 saturated heterocycles. The maximum Gasteiger partial charge on any atom is 0.162 e. The van der Waals surface area contributed by atoms with Crippen LogP contribution in [0.3, 0.4) is 0 Å². The van der Waals surface area contributed by atoms with E-state index in [4.69, 9.17) is 4.74 Å². The van der Waals surface area contributed by atoms with E-state index in [0.29, 0.717) is 31.0 Å². The van der Waals surface area contributed by atoms with Crippen LogP contribution in [0.15, 0.2) is 18.2 Å². The fraction of sp³-hybridized carbons (Fsp3) is 0.647. The van der Waals surface area contributed by atoms with Crippen LogP contribution in [0.25, 0.3) is 0 Å². The van der Waals surface area contributed by atoms with Crippen molar-refractivity contribution in [2.75, 3.05) is 19.7 Å². The Balaban J connectivity index is 2.47. The van der Waals surface area contributed by atoms with Crippen LogP contribution in [0, 0.1) is 0 Å². The van der Waals surface area contributed by atoms with E-state index in [0.717, 1.165) is 18.7 Å². The van der Waals surface area contributed by atoms with Crippen LogP contribution in [0.2, 0.25) is 0 Å². The number of nitrogens with zero attached hydrogens (tertiary/aromatic N) is 1. The van der Waals surface area contributed by atoms with E-state index in [1.54, 1.807) is 6.07 Å². The summed E-state index contributed by atoms with van der Waals surface area (Å²) in [5, 5.41) is 13.5. The maximum absolute atomic E-state index is 10.1. The maximum atomic E-state index is 10.1. The minimum atomic E-state index is 0.247. The number of ether oxygens (including phenoxy) is 1. The summed E-state index contributed by atoms with van der Waals surface area (Å²) in [7, 11) is 0. The molecule has 1 aromatic carbocycles. The highest BCUT2D eigenvalue weighted by Gasteiger charge is 2.12. The van der Waals surface area contributed by atoms with Gasteiger partial charge in [-0.1, -0.05) is 12.1 Å². The van der Waals surface area contributed by atoms with Gasteiger partial charge in [0.15, 0.2) is 11.5 Å². The molecular formula is C17H30N2O2. The molecule has 0 radical (unpaired) electrons. The van der Waals surface area contributed by atoms with E-state index in [-0.39, 0.29) is 5.75 Å². The van der Waals surface area contributed by atoms with Gasteiger partial charge in [0.05, 0.1) is 6.61 Å². The van der Waals surface area contributed by atoms with Crippen molar-refractivity contribution in [1.29, 1.82) is 0 Å². The molecule has 4 nitrogen and oxygen atoms in total. The van der Waals surface area contributed by atoms with Crippen LogP contribution in [0.4, 0.5) is 0 Å². The second-order valence-electron chi connectivity index (χ2n) is 5.80. The SMILES string of the molecule is CCOc1cccc(CNCCN(C(C)C)C(C)C)c1O. The lowest BCUT2D eigenvalue weighted by atomic mass is 10.2. The van der Waals surface area contributed by atoms with Crippen molar-refractivity contribution in [1.82, 2.24) is 10.2 Å². The van der Waals surface area contributed by atoms with Crippen LogP contribution >= 0.6 is 0 Å². The monoisotopic (exact) mass is 294 g/mol. The van der Waals surface area contributed by atoms with E-state index in [2.05, 4.69) is 37.9 Å². The summed E-state index contributed by atoms with van der Waals surface area (Å²) in [6.07, 6.45) is 0. The predicted molar refractivity (Wildman–Crippen MR) is 88.0 cm³/mol. The molecule has 0 fully saturated rings. The van der Waals surface area contributed by atoms with E-state index < -0.39 is 0 Å². The lowest BCUT2D eigenvalue weighted by Crippen LogP contribution is -2.41. The van der Waals surface area contributed by atoms with Crippen molar-refractivity contribution in [3.8, 4) is 11.5 Å². The van der Waals surface area contributed by atoms with Crippen molar-refractivity contribution in [2.24, 2.45) is 0 Å². The van der Waals surface area contributed by atoms with Crippen LogP contribution < -0.4 is 10.1 Å². The fourth-order valence-corrected chi connectivity index (χ4v) is 2.53. The lowest BCUT2D eigenvalue weighted by molar-refractivity contribution is 0.175. The number of benzene rings is 1. The van der Waals surface area contributed by atoms with E-state index >= 15 is 0 Å². The van der Waals surface area contributed by atoms with Crippen LogP contribution in [0.5, 0.6) is 11.5 Å². The molecule has 0 aliphatic heterocycles. The Labute approximate surface area is 129 Å². The largest absolute Gasteiger partial charge is 0.504 e. The Hall–Kier alpha value is -1.26. The third-order valence-electron chi connectivity index (χ3n) is 3.57. The van der Waals surface area contributed by atoms with Gasteiger partial charge in [0.1, 0.15) is 0 Å². The molecule has 1 rings (SSSR count). The molecule has 0 spiro atoms. The summed E-state index contributed by atoms with van der Waals surface area (Å²) in [6, 6.07) is 6.72. The normalized spacial score (nSPS) is 11.6. The highest BCUT2D eigenvalue weighted by Crippen LogP contribution is 2.29. The molecule has 0 bridgehead atoms. The van der Waals surface area contributed by atoms with E-state index in [1.165, 1.54) is 0 Å². The summed E-state index contributed by atoms with van der Waals surface area (Å²) >= 11 is 0.